The zero-order chi connectivity index (χ0) is 17.1. The first kappa shape index (κ1) is 16.8. The fourth-order valence-corrected chi connectivity index (χ4v) is 4.28. The number of aromatic nitrogens is 2. The average Bonchev–Trinajstić information content (AvgIpc) is 3.24. The van der Waals surface area contributed by atoms with Crippen molar-refractivity contribution in [2.45, 2.75) is 31.5 Å². The molecule has 5 heteroatoms. The summed E-state index contributed by atoms with van der Waals surface area (Å²) in [5.41, 5.74) is 1.43. The van der Waals surface area contributed by atoms with Crippen LogP contribution in [0.5, 0.6) is 0 Å². The number of ether oxygens (including phenoxy) is 1. The van der Waals surface area contributed by atoms with Crippen molar-refractivity contribution < 1.29 is 4.74 Å². The van der Waals surface area contributed by atoms with Gasteiger partial charge in [0.2, 0.25) is 0 Å². The highest BCUT2D eigenvalue weighted by Crippen LogP contribution is 2.28. The van der Waals surface area contributed by atoms with Crippen LogP contribution in [0.3, 0.4) is 0 Å². The molecule has 2 aromatic rings. The number of benzene rings is 1. The minimum absolute atomic E-state index is 0.539. The second kappa shape index (κ2) is 7.68. The number of aryl methyl sites for hydroxylation is 1. The maximum absolute atomic E-state index is 5.57. The normalized spacial score (nSPS) is 25.5. The molecule has 0 bridgehead atoms. The van der Waals surface area contributed by atoms with Crippen molar-refractivity contribution in [3.05, 3.63) is 54.1 Å². The van der Waals surface area contributed by atoms with E-state index in [4.69, 9.17) is 4.74 Å². The maximum Gasteiger partial charge on any atom is 0.122 e. The van der Waals surface area contributed by atoms with Crippen LogP contribution in [0.1, 0.15) is 17.8 Å². The van der Waals surface area contributed by atoms with Gasteiger partial charge in [-0.2, -0.15) is 0 Å². The van der Waals surface area contributed by atoms with E-state index in [-0.39, 0.29) is 0 Å². The van der Waals surface area contributed by atoms with Crippen LogP contribution in [0.4, 0.5) is 0 Å². The minimum atomic E-state index is 0.539. The molecule has 2 aliphatic heterocycles. The molecule has 2 aliphatic rings. The molecule has 0 spiro atoms. The first-order chi connectivity index (χ1) is 12.3. The maximum atomic E-state index is 5.57. The standard InChI is InChI=1S/C20H28N4O/c1-22-10-8-21-20(22)16-24-9-7-18(23-11-13-25-14-12-23)19(24)15-17-5-3-2-4-6-17/h2-6,8,10,18-19H,7,9,11-16H2,1H3/t18-,19+/m0/s1. The molecule has 5 nitrogen and oxygen atoms in total. The average molecular weight is 340 g/mol. The number of nitrogens with zero attached hydrogens (tertiary/aromatic N) is 4. The van der Waals surface area contributed by atoms with Gasteiger partial charge in [-0.3, -0.25) is 9.80 Å². The molecular formula is C20H28N4O. The highest BCUT2D eigenvalue weighted by Gasteiger charge is 2.38. The summed E-state index contributed by atoms with van der Waals surface area (Å²) >= 11 is 0. The van der Waals surface area contributed by atoms with Crippen LogP contribution in [0.25, 0.3) is 0 Å². The Hall–Kier alpha value is -1.69. The molecule has 1 aromatic heterocycles. The molecule has 0 N–H and O–H groups in total. The third kappa shape index (κ3) is 3.78. The molecule has 0 saturated carbocycles. The molecule has 2 fully saturated rings. The third-order valence-corrected chi connectivity index (χ3v) is 5.69. The number of rotatable bonds is 5. The van der Waals surface area contributed by atoms with Crippen molar-refractivity contribution in [1.82, 2.24) is 19.4 Å². The number of hydrogen-bond donors (Lipinski definition) is 0. The fourth-order valence-electron chi connectivity index (χ4n) is 4.28. The molecule has 0 amide bonds. The van der Waals surface area contributed by atoms with E-state index in [2.05, 4.69) is 56.7 Å². The topological polar surface area (TPSA) is 33.5 Å². The molecule has 0 radical (unpaired) electrons. The number of morpholine rings is 1. The van der Waals surface area contributed by atoms with Crippen molar-refractivity contribution in [3.63, 3.8) is 0 Å². The Morgan fingerprint density at radius 3 is 2.64 bits per heavy atom. The van der Waals surface area contributed by atoms with Gasteiger partial charge in [-0.1, -0.05) is 30.3 Å². The van der Waals surface area contributed by atoms with Gasteiger partial charge in [0.25, 0.3) is 0 Å². The Kier molecular flexibility index (Phi) is 5.15. The van der Waals surface area contributed by atoms with Crippen molar-refractivity contribution in [1.29, 1.82) is 0 Å². The zero-order valence-corrected chi connectivity index (χ0v) is 15.1. The molecule has 2 saturated heterocycles. The van der Waals surface area contributed by atoms with Gasteiger partial charge in [0, 0.05) is 51.2 Å². The number of likely N-dealkylation sites (tertiary alicyclic amines) is 1. The molecule has 3 heterocycles. The van der Waals surface area contributed by atoms with Crippen LogP contribution in [0.15, 0.2) is 42.7 Å². The van der Waals surface area contributed by atoms with Gasteiger partial charge >= 0.3 is 0 Å². The molecule has 1 aromatic carbocycles. The lowest BCUT2D eigenvalue weighted by Crippen LogP contribution is -2.50. The zero-order valence-electron chi connectivity index (χ0n) is 15.1. The van der Waals surface area contributed by atoms with E-state index >= 15 is 0 Å². The van der Waals surface area contributed by atoms with E-state index in [9.17, 15) is 0 Å². The SMILES string of the molecule is Cn1ccnc1CN1CC[C@H](N2CCOCC2)[C@H]1Cc1ccccc1. The van der Waals surface area contributed by atoms with Crippen LogP contribution in [0, 0.1) is 0 Å². The van der Waals surface area contributed by atoms with Gasteiger partial charge in [0.05, 0.1) is 19.8 Å². The summed E-state index contributed by atoms with van der Waals surface area (Å²) in [6, 6.07) is 12.1. The number of hydrogen-bond acceptors (Lipinski definition) is 4. The largest absolute Gasteiger partial charge is 0.379 e. The molecule has 134 valence electrons. The second-order valence-corrected chi connectivity index (χ2v) is 7.19. The lowest BCUT2D eigenvalue weighted by atomic mass is 9.98. The highest BCUT2D eigenvalue weighted by atomic mass is 16.5. The molecule has 4 rings (SSSR count). The summed E-state index contributed by atoms with van der Waals surface area (Å²) in [5, 5.41) is 0. The predicted octanol–water partition coefficient (Wildman–Crippen LogP) is 1.94. The number of imidazole rings is 1. The molecule has 0 unspecified atom stereocenters. The lowest BCUT2D eigenvalue weighted by molar-refractivity contribution is 0.00772. The van der Waals surface area contributed by atoms with Crippen LogP contribution < -0.4 is 0 Å². The summed E-state index contributed by atoms with van der Waals surface area (Å²) < 4.78 is 7.71. The molecule has 0 aliphatic carbocycles. The Morgan fingerprint density at radius 1 is 1.12 bits per heavy atom. The second-order valence-electron chi connectivity index (χ2n) is 7.19. The molecule has 2 atom stereocenters. The van der Waals surface area contributed by atoms with Gasteiger partial charge in [0.1, 0.15) is 5.82 Å². The van der Waals surface area contributed by atoms with E-state index in [1.807, 2.05) is 12.4 Å². The van der Waals surface area contributed by atoms with Gasteiger partial charge < -0.3 is 9.30 Å². The van der Waals surface area contributed by atoms with Gasteiger partial charge in [0.15, 0.2) is 0 Å². The Morgan fingerprint density at radius 2 is 1.92 bits per heavy atom. The van der Waals surface area contributed by atoms with E-state index in [0.29, 0.717) is 12.1 Å². The predicted molar refractivity (Wildman–Crippen MR) is 98.3 cm³/mol. The van der Waals surface area contributed by atoms with Crippen LogP contribution >= 0.6 is 0 Å². The third-order valence-electron chi connectivity index (χ3n) is 5.69. The quantitative estimate of drug-likeness (QED) is 0.833. The summed E-state index contributed by atoms with van der Waals surface area (Å²) in [4.78, 5) is 9.83. The lowest BCUT2D eigenvalue weighted by Gasteiger charge is -2.37. The monoisotopic (exact) mass is 340 g/mol. The first-order valence-electron chi connectivity index (χ1n) is 9.37. The van der Waals surface area contributed by atoms with Crippen molar-refractivity contribution in [2.75, 3.05) is 32.8 Å². The Balaban J connectivity index is 1.53. The summed E-state index contributed by atoms with van der Waals surface area (Å²) in [7, 11) is 2.09. The van der Waals surface area contributed by atoms with Crippen LogP contribution in [0.2, 0.25) is 0 Å². The van der Waals surface area contributed by atoms with Crippen molar-refractivity contribution >= 4 is 0 Å². The first-order valence-corrected chi connectivity index (χ1v) is 9.37. The molecular weight excluding hydrogens is 312 g/mol. The molecule has 25 heavy (non-hydrogen) atoms. The van der Waals surface area contributed by atoms with Gasteiger partial charge in [-0.15, -0.1) is 0 Å². The Bertz CT molecular complexity index is 665. The summed E-state index contributed by atoms with van der Waals surface area (Å²) in [6.07, 6.45) is 6.28. The van der Waals surface area contributed by atoms with E-state index in [1.54, 1.807) is 0 Å². The van der Waals surface area contributed by atoms with Crippen molar-refractivity contribution in [2.24, 2.45) is 7.05 Å². The smallest absolute Gasteiger partial charge is 0.122 e. The summed E-state index contributed by atoms with van der Waals surface area (Å²) in [6.45, 7) is 5.94. The van der Waals surface area contributed by atoms with Crippen LogP contribution in [-0.2, 0) is 24.8 Å². The van der Waals surface area contributed by atoms with Gasteiger partial charge in [-0.05, 0) is 18.4 Å². The Labute approximate surface area is 150 Å². The van der Waals surface area contributed by atoms with Gasteiger partial charge in [-0.25, -0.2) is 4.98 Å². The minimum Gasteiger partial charge on any atom is -0.379 e. The van der Waals surface area contributed by atoms with E-state index < -0.39 is 0 Å². The van der Waals surface area contributed by atoms with Crippen LogP contribution in [-0.4, -0.2) is 64.3 Å². The highest BCUT2D eigenvalue weighted by molar-refractivity contribution is 5.17. The van der Waals surface area contributed by atoms with E-state index in [0.717, 1.165) is 51.6 Å². The summed E-state index contributed by atoms with van der Waals surface area (Å²) in [5.74, 6) is 1.15. The van der Waals surface area contributed by atoms with E-state index in [1.165, 1.54) is 12.0 Å². The fraction of sp³-hybridized carbons (Fsp3) is 0.550. The van der Waals surface area contributed by atoms with Crippen molar-refractivity contribution in [3.8, 4) is 0 Å².